The number of pyridine rings is 1. The van der Waals surface area contributed by atoms with Crippen molar-refractivity contribution in [3.05, 3.63) is 71.2 Å². The third-order valence-corrected chi connectivity index (χ3v) is 5.69. The average molecular weight is 469 g/mol. The monoisotopic (exact) mass is 469 g/mol. The van der Waals surface area contributed by atoms with Crippen molar-refractivity contribution in [3.63, 3.8) is 0 Å². The molecule has 1 saturated heterocycles. The minimum absolute atomic E-state index is 0.248. The standard InChI is InChI=1S/C22H14F3N5O4/c23-12-6-14(25)15(7-13(12)24)28-22(32)30-18-10-5-9(1-2-16(10)34-20(18)30)33-17-3-4-26-19-11(17)8-27-21(31)29-19/h1-7,18,20H,8H2,(H,28,32)(H2,26,27,29,31)/t18?,20-,30?/m0/s1. The minimum Gasteiger partial charge on any atom is -0.467 e. The SMILES string of the molecule is O=C1NCc2c(Oc3ccc4c(c3)C3[C@H](O4)N3C(=O)Nc3cc(F)c(F)cc3F)ccnc2N1. The molecule has 2 aromatic carbocycles. The molecule has 0 saturated carbocycles. The molecule has 0 aliphatic carbocycles. The number of rotatable bonds is 3. The second kappa shape index (κ2) is 7.27. The summed E-state index contributed by atoms with van der Waals surface area (Å²) in [4.78, 5) is 29.5. The number of hydrogen-bond acceptors (Lipinski definition) is 5. The van der Waals surface area contributed by atoms with Crippen LogP contribution >= 0.6 is 0 Å². The zero-order valence-corrected chi connectivity index (χ0v) is 17.1. The van der Waals surface area contributed by atoms with Gasteiger partial charge < -0.3 is 20.1 Å². The van der Waals surface area contributed by atoms with Gasteiger partial charge in [0.15, 0.2) is 11.6 Å². The zero-order valence-electron chi connectivity index (χ0n) is 17.1. The van der Waals surface area contributed by atoms with Crippen LogP contribution in [0.4, 0.5) is 34.3 Å². The van der Waals surface area contributed by atoms with Gasteiger partial charge in [-0.05, 0) is 24.3 Å². The molecule has 34 heavy (non-hydrogen) atoms. The van der Waals surface area contributed by atoms with Crippen LogP contribution in [0.25, 0.3) is 0 Å². The first-order valence-electron chi connectivity index (χ1n) is 10.1. The quantitative estimate of drug-likeness (QED) is 0.393. The molecule has 6 rings (SSSR count). The molecule has 3 aromatic rings. The molecule has 0 bridgehead atoms. The van der Waals surface area contributed by atoms with E-state index in [4.69, 9.17) is 9.47 Å². The Bertz CT molecular complexity index is 1380. The van der Waals surface area contributed by atoms with Gasteiger partial charge in [-0.3, -0.25) is 10.2 Å². The number of halogens is 3. The van der Waals surface area contributed by atoms with Crippen molar-refractivity contribution in [2.45, 2.75) is 18.8 Å². The summed E-state index contributed by atoms with van der Waals surface area (Å²) >= 11 is 0. The highest BCUT2D eigenvalue weighted by molar-refractivity contribution is 5.92. The van der Waals surface area contributed by atoms with Crippen LogP contribution < -0.4 is 25.4 Å². The lowest BCUT2D eigenvalue weighted by Crippen LogP contribution is -2.34. The van der Waals surface area contributed by atoms with E-state index in [1.807, 2.05) is 0 Å². The van der Waals surface area contributed by atoms with E-state index in [0.717, 1.165) is 0 Å². The molecule has 1 aromatic heterocycles. The topological polar surface area (TPSA) is 105 Å². The van der Waals surface area contributed by atoms with Gasteiger partial charge >= 0.3 is 12.1 Å². The van der Waals surface area contributed by atoms with E-state index >= 15 is 0 Å². The molecule has 1 fully saturated rings. The summed E-state index contributed by atoms with van der Waals surface area (Å²) in [5.41, 5.74) is 0.879. The Kier molecular flexibility index (Phi) is 4.31. The first kappa shape index (κ1) is 20.1. The van der Waals surface area contributed by atoms with Crippen LogP contribution in [0.15, 0.2) is 42.6 Å². The number of urea groups is 2. The van der Waals surface area contributed by atoms with Gasteiger partial charge in [0.1, 0.15) is 34.9 Å². The van der Waals surface area contributed by atoms with Gasteiger partial charge in [0, 0.05) is 23.9 Å². The first-order valence-corrected chi connectivity index (χ1v) is 10.1. The Balaban J connectivity index is 1.20. The normalized spacial score (nSPS) is 19.1. The Morgan fingerprint density at radius 3 is 2.82 bits per heavy atom. The van der Waals surface area contributed by atoms with Crippen LogP contribution in [0.2, 0.25) is 0 Å². The average Bonchev–Trinajstić information content (AvgIpc) is 3.40. The van der Waals surface area contributed by atoms with E-state index in [1.54, 1.807) is 24.3 Å². The third-order valence-electron chi connectivity index (χ3n) is 5.69. The molecule has 0 radical (unpaired) electrons. The molecular formula is C22H14F3N5O4. The molecule has 0 spiro atoms. The third kappa shape index (κ3) is 3.22. The van der Waals surface area contributed by atoms with Gasteiger partial charge in [-0.15, -0.1) is 0 Å². The molecule has 12 heteroatoms. The molecule has 4 heterocycles. The number of amides is 4. The minimum atomic E-state index is -1.35. The lowest BCUT2D eigenvalue weighted by Gasteiger charge is -2.20. The van der Waals surface area contributed by atoms with Crippen LogP contribution in [-0.2, 0) is 6.54 Å². The fourth-order valence-electron chi connectivity index (χ4n) is 4.03. The Morgan fingerprint density at radius 2 is 1.97 bits per heavy atom. The highest BCUT2D eigenvalue weighted by Gasteiger charge is 2.60. The molecule has 2 atom stereocenters. The molecule has 1 unspecified atom stereocenters. The zero-order chi connectivity index (χ0) is 23.6. The van der Waals surface area contributed by atoms with Crippen molar-refractivity contribution in [2.75, 3.05) is 10.6 Å². The molecule has 3 aliphatic heterocycles. The molecular weight excluding hydrogens is 455 g/mol. The van der Waals surface area contributed by atoms with Crippen molar-refractivity contribution >= 4 is 23.6 Å². The lowest BCUT2D eigenvalue weighted by atomic mass is 10.1. The number of carbonyl (C=O) groups excluding carboxylic acids is 2. The van der Waals surface area contributed by atoms with Crippen molar-refractivity contribution in [1.29, 1.82) is 0 Å². The van der Waals surface area contributed by atoms with Crippen LogP contribution in [0, 0.1) is 17.5 Å². The second-order valence-electron chi connectivity index (χ2n) is 7.78. The summed E-state index contributed by atoms with van der Waals surface area (Å²) in [5.74, 6) is -1.80. The fraction of sp³-hybridized carbons (Fsp3) is 0.136. The fourth-order valence-corrected chi connectivity index (χ4v) is 4.03. The maximum absolute atomic E-state index is 13.9. The van der Waals surface area contributed by atoms with Gasteiger partial charge in [0.25, 0.3) is 0 Å². The lowest BCUT2D eigenvalue weighted by molar-refractivity contribution is 0.210. The van der Waals surface area contributed by atoms with E-state index in [9.17, 15) is 22.8 Å². The largest absolute Gasteiger partial charge is 0.467 e. The predicted molar refractivity (Wildman–Crippen MR) is 111 cm³/mol. The maximum atomic E-state index is 13.9. The second-order valence-corrected chi connectivity index (χ2v) is 7.78. The Labute approximate surface area is 189 Å². The summed E-state index contributed by atoms with van der Waals surface area (Å²) in [5, 5.41) is 7.50. The van der Waals surface area contributed by atoms with Crippen LogP contribution in [-0.4, -0.2) is 28.2 Å². The molecule has 4 amide bonds. The number of hydrogen-bond donors (Lipinski definition) is 3. The van der Waals surface area contributed by atoms with Crippen LogP contribution in [0.3, 0.4) is 0 Å². The first-order chi connectivity index (χ1) is 16.4. The summed E-state index contributed by atoms with van der Waals surface area (Å²) < 4.78 is 52.2. The number of nitrogens with zero attached hydrogens (tertiary/aromatic N) is 2. The number of carbonyl (C=O) groups is 2. The van der Waals surface area contributed by atoms with Gasteiger partial charge in [0.05, 0.1) is 17.8 Å². The highest BCUT2D eigenvalue weighted by atomic mass is 19.2. The molecule has 3 aliphatic rings. The van der Waals surface area contributed by atoms with Crippen molar-refractivity contribution in [3.8, 4) is 17.2 Å². The number of nitrogens with one attached hydrogen (secondary N) is 3. The summed E-state index contributed by atoms with van der Waals surface area (Å²) in [6.45, 7) is 0.248. The van der Waals surface area contributed by atoms with E-state index < -0.39 is 41.4 Å². The number of benzene rings is 2. The van der Waals surface area contributed by atoms with Gasteiger partial charge in [-0.25, -0.2) is 27.7 Å². The Morgan fingerprint density at radius 1 is 1.15 bits per heavy atom. The Hall–Kier alpha value is -4.48. The maximum Gasteiger partial charge on any atom is 0.325 e. The van der Waals surface area contributed by atoms with Crippen LogP contribution in [0.1, 0.15) is 17.2 Å². The van der Waals surface area contributed by atoms with E-state index in [-0.39, 0.29) is 12.6 Å². The smallest absolute Gasteiger partial charge is 0.325 e. The van der Waals surface area contributed by atoms with Crippen molar-refractivity contribution in [2.24, 2.45) is 0 Å². The summed E-state index contributed by atoms with van der Waals surface area (Å²) in [6, 6.07) is 6.21. The number of ether oxygens (including phenoxy) is 2. The van der Waals surface area contributed by atoms with Gasteiger partial charge in [-0.1, -0.05) is 0 Å². The van der Waals surface area contributed by atoms with Crippen molar-refractivity contribution in [1.82, 2.24) is 15.2 Å². The van der Waals surface area contributed by atoms with E-state index in [2.05, 4.69) is 20.9 Å². The molecule has 3 N–H and O–H groups in total. The molecule has 172 valence electrons. The number of anilines is 2. The van der Waals surface area contributed by atoms with E-state index in [0.29, 0.717) is 46.3 Å². The van der Waals surface area contributed by atoms with Gasteiger partial charge in [-0.2, -0.15) is 0 Å². The predicted octanol–water partition coefficient (Wildman–Crippen LogP) is 4.23. The number of aromatic nitrogens is 1. The van der Waals surface area contributed by atoms with E-state index in [1.165, 1.54) is 11.1 Å². The highest BCUT2D eigenvalue weighted by Crippen LogP contribution is 2.54. The molecule has 9 nitrogen and oxygen atoms in total. The van der Waals surface area contributed by atoms with Crippen molar-refractivity contribution < 1.29 is 32.2 Å². The summed E-state index contributed by atoms with van der Waals surface area (Å²) in [6.07, 6.45) is 0.906. The summed E-state index contributed by atoms with van der Waals surface area (Å²) in [7, 11) is 0. The van der Waals surface area contributed by atoms with Crippen LogP contribution in [0.5, 0.6) is 17.2 Å². The van der Waals surface area contributed by atoms with Gasteiger partial charge in [0.2, 0.25) is 6.23 Å². The number of fused-ring (bicyclic) bond motifs is 4.